The first-order valence-electron chi connectivity index (χ1n) is 4.22. The van der Waals surface area contributed by atoms with E-state index in [9.17, 15) is 0 Å². The van der Waals surface area contributed by atoms with Crippen LogP contribution in [0.3, 0.4) is 0 Å². The summed E-state index contributed by atoms with van der Waals surface area (Å²) in [6, 6.07) is 7.72. The van der Waals surface area contributed by atoms with Crippen LogP contribution in [0, 0.1) is 0 Å². The van der Waals surface area contributed by atoms with Gasteiger partial charge in [0.25, 0.3) is 0 Å². The molecule has 0 fully saturated rings. The van der Waals surface area contributed by atoms with Gasteiger partial charge in [0.1, 0.15) is 0 Å². The number of nitrogens with zero attached hydrogens (tertiary/aromatic N) is 2. The molecule has 0 aromatic heterocycles. The van der Waals surface area contributed by atoms with Crippen LogP contribution in [-0.4, -0.2) is 11.9 Å². The van der Waals surface area contributed by atoms with E-state index in [-0.39, 0.29) is 11.9 Å². The summed E-state index contributed by atoms with van der Waals surface area (Å²) in [5.74, 6) is -0.0193. The Bertz CT molecular complexity index is 395. The predicted octanol–water partition coefficient (Wildman–Crippen LogP) is 0.537. The summed E-state index contributed by atoms with van der Waals surface area (Å²) in [6.45, 7) is 0.435. The number of aliphatic imine (C=N–C) groups is 2. The maximum Gasteiger partial charge on any atom is 0.218 e. The Hall–Kier alpha value is -1.56. The monoisotopic (exact) mass is 269 g/mol. The molecule has 0 radical (unpaired) electrons. The van der Waals surface area contributed by atoms with Gasteiger partial charge in [-0.1, -0.05) is 34.1 Å². The zero-order valence-electron chi connectivity index (χ0n) is 8.02. The zero-order chi connectivity index (χ0) is 11.3. The lowest BCUT2D eigenvalue weighted by Gasteiger charge is -2.00. The molecule has 0 spiro atoms. The molecule has 1 aromatic carbocycles. The SMILES string of the molecule is NC(N)=NC(N)=NCc1ccccc1Br. The van der Waals surface area contributed by atoms with E-state index in [4.69, 9.17) is 17.2 Å². The van der Waals surface area contributed by atoms with Crippen LogP contribution in [0.25, 0.3) is 0 Å². The number of hydrogen-bond donors (Lipinski definition) is 3. The normalized spacial score (nSPS) is 11.1. The number of guanidine groups is 2. The molecule has 15 heavy (non-hydrogen) atoms. The number of halogens is 1. The molecule has 0 saturated heterocycles. The van der Waals surface area contributed by atoms with E-state index in [1.807, 2.05) is 24.3 Å². The Morgan fingerprint density at radius 2 is 1.87 bits per heavy atom. The molecule has 0 unspecified atom stereocenters. The molecule has 0 aliphatic rings. The number of nitrogens with two attached hydrogens (primary N) is 3. The smallest absolute Gasteiger partial charge is 0.218 e. The molecule has 5 nitrogen and oxygen atoms in total. The van der Waals surface area contributed by atoms with Crippen molar-refractivity contribution in [3.63, 3.8) is 0 Å². The van der Waals surface area contributed by atoms with Gasteiger partial charge in [-0.25, -0.2) is 4.99 Å². The van der Waals surface area contributed by atoms with Gasteiger partial charge in [0, 0.05) is 4.47 Å². The van der Waals surface area contributed by atoms with E-state index >= 15 is 0 Å². The van der Waals surface area contributed by atoms with Crippen LogP contribution < -0.4 is 17.2 Å². The summed E-state index contributed by atoms with van der Waals surface area (Å²) >= 11 is 3.40. The second-order valence-corrected chi connectivity index (χ2v) is 3.66. The Morgan fingerprint density at radius 3 is 2.47 bits per heavy atom. The van der Waals surface area contributed by atoms with Gasteiger partial charge in [0.05, 0.1) is 6.54 Å². The molecule has 0 atom stereocenters. The minimum Gasteiger partial charge on any atom is -0.370 e. The highest BCUT2D eigenvalue weighted by molar-refractivity contribution is 9.10. The van der Waals surface area contributed by atoms with Crippen molar-refractivity contribution >= 4 is 27.8 Å². The van der Waals surface area contributed by atoms with E-state index in [0.29, 0.717) is 6.54 Å². The molecule has 1 rings (SSSR count). The highest BCUT2D eigenvalue weighted by atomic mass is 79.9. The lowest BCUT2D eigenvalue weighted by molar-refractivity contribution is 1.04. The van der Waals surface area contributed by atoms with Gasteiger partial charge in [-0.3, -0.25) is 0 Å². The predicted molar refractivity (Wildman–Crippen MR) is 65.3 cm³/mol. The lowest BCUT2D eigenvalue weighted by Crippen LogP contribution is -2.26. The molecular weight excluding hydrogens is 258 g/mol. The summed E-state index contributed by atoms with van der Waals surface area (Å²) in [4.78, 5) is 7.62. The van der Waals surface area contributed by atoms with E-state index in [1.54, 1.807) is 0 Å². The molecule has 6 N–H and O–H groups in total. The van der Waals surface area contributed by atoms with Gasteiger partial charge in [0.15, 0.2) is 5.96 Å². The number of hydrogen-bond acceptors (Lipinski definition) is 1. The summed E-state index contributed by atoms with van der Waals surface area (Å²) in [5, 5.41) is 0. The quantitative estimate of drug-likeness (QED) is 0.539. The van der Waals surface area contributed by atoms with Crippen molar-refractivity contribution in [2.45, 2.75) is 6.54 Å². The van der Waals surface area contributed by atoms with Gasteiger partial charge in [-0.05, 0) is 11.6 Å². The van der Waals surface area contributed by atoms with Crippen LogP contribution in [0.15, 0.2) is 38.7 Å². The summed E-state index contributed by atoms with van der Waals surface area (Å²) in [5.41, 5.74) is 16.8. The molecular formula is C9H12BrN5. The molecule has 6 heteroatoms. The van der Waals surface area contributed by atoms with Crippen molar-refractivity contribution in [1.29, 1.82) is 0 Å². The summed E-state index contributed by atoms with van der Waals surface area (Å²) < 4.78 is 0.978. The number of rotatable bonds is 2. The van der Waals surface area contributed by atoms with Crippen LogP contribution in [-0.2, 0) is 6.54 Å². The van der Waals surface area contributed by atoms with Crippen molar-refractivity contribution < 1.29 is 0 Å². The molecule has 0 bridgehead atoms. The fraction of sp³-hybridized carbons (Fsp3) is 0.111. The molecule has 0 amide bonds. The van der Waals surface area contributed by atoms with Gasteiger partial charge in [-0.15, -0.1) is 0 Å². The van der Waals surface area contributed by atoms with Gasteiger partial charge >= 0.3 is 0 Å². The van der Waals surface area contributed by atoms with E-state index < -0.39 is 0 Å². The van der Waals surface area contributed by atoms with Crippen molar-refractivity contribution in [2.75, 3.05) is 0 Å². The molecule has 80 valence electrons. The van der Waals surface area contributed by atoms with Gasteiger partial charge in [-0.2, -0.15) is 4.99 Å². The maximum atomic E-state index is 5.46. The topological polar surface area (TPSA) is 103 Å². The average Bonchev–Trinajstić information content (AvgIpc) is 2.15. The van der Waals surface area contributed by atoms with E-state index in [2.05, 4.69) is 25.9 Å². The van der Waals surface area contributed by atoms with Crippen LogP contribution in [0.5, 0.6) is 0 Å². The summed E-state index contributed by atoms with van der Waals surface area (Å²) in [7, 11) is 0. The van der Waals surface area contributed by atoms with Crippen LogP contribution in [0.4, 0.5) is 0 Å². The minimum atomic E-state index is -0.0941. The largest absolute Gasteiger partial charge is 0.370 e. The van der Waals surface area contributed by atoms with Gasteiger partial charge in [0.2, 0.25) is 5.96 Å². The van der Waals surface area contributed by atoms with Crippen LogP contribution >= 0.6 is 15.9 Å². The third-order valence-corrected chi connectivity index (χ3v) is 2.39. The lowest BCUT2D eigenvalue weighted by atomic mass is 10.2. The molecule has 0 aliphatic carbocycles. The summed E-state index contributed by atoms with van der Waals surface area (Å²) in [6.07, 6.45) is 0. The highest BCUT2D eigenvalue weighted by Gasteiger charge is 1.97. The van der Waals surface area contributed by atoms with Crippen LogP contribution in [0.2, 0.25) is 0 Å². The van der Waals surface area contributed by atoms with Crippen molar-refractivity contribution in [3.05, 3.63) is 34.3 Å². The molecule has 1 aromatic rings. The first-order valence-corrected chi connectivity index (χ1v) is 5.02. The Labute approximate surface area is 96.2 Å². The Morgan fingerprint density at radius 1 is 1.20 bits per heavy atom. The molecule has 0 aliphatic heterocycles. The minimum absolute atomic E-state index is 0.0748. The third-order valence-electron chi connectivity index (χ3n) is 1.61. The fourth-order valence-corrected chi connectivity index (χ4v) is 1.37. The standard InChI is InChI=1S/C9H12BrN5/c10-7-4-2-1-3-6(7)5-14-9(13)15-8(11)12/h1-4H,5H2,(H6,11,12,13,14,15). The number of benzene rings is 1. The van der Waals surface area contributed by atoms with Crippen LogP contribution in [0.1, 0.15) is 5.56 Å². The Kier molecular flexibility index (Phi) is 4.11. The zero-order valence-corrected chi connectivity index (χ0v) is 9.61. The van der Waals surface area contributed by atoms with E-state index in [0.717, 1.165) is 10.0 Å². The Balaban J connectivity index is 2.72. The average molecular weight is 270 g/mol. The second kappa shape index (κ2) is 5.35. The first kappa shape index (κ1) is 11.5. The molecule has 0 heterocycles. The maximum absolute atomic E-state index is 5.46. The van der Waals surface area contributed by atoms with Crippen molar-refractivity contribution in [1.82, 2.24) is 0 Å². The van der Waals surface area contributed by atoms with Crippen molar-refractivity contribution in [2.24, 2.45) is 27.2 Å². The highest BCUT2D eigenvalue weighted by Crippen LogP contribution is 2.16. The second-order valence-electron chi connectivity index (χ2n) is 2.80. The van der Waals surface area contributed by atoms with E-state index in [1.165, 1.54) is 0 Å². The fourth-order valence-electron chi connectivity index (χ4n) is 0.960. The van der Waals surface area contributed by atoms with Gasteiger partial charge < -0.3 is 17.2 Å². The van der Waals surface area contributed by atoms with Crippen molar-refractivity contribution in [3.8, 4) is 0 Å². The first-order chi connectivity index (χ1) is 7.09. The molecule has 0 saturated carbocycles. The third kappa shape index (κ3) is 3.99.